The Morgan fingerprint density at radius 2 is 1.97 bits per heavy atom. The van der Waals surface area contributed by atoms with Crippen LogP contribution in [0.25, 0.3) is 17.2 Å². The Kier molecular flexibility index (Phi) is 6.01. The zero-order valence-corrected chi connectivity index (χ0v) is 18.5. The molecular weight excluding hydrogens is 412 g/mol. The van der Waals surface area contributed by atoms with Gasteiger partial charge in [-0.2, -0.15) is 5.26 Å². The molecule has 0 atom stereocenters. The largest absolute Gasteiger partial charge is 0.387 e. The highest BCUT2D eigenvalue weighted by Crippen LogP contribution is 2.33. The Morgan fingerprint density at radius 1 is 1.09 bits per heavy atom. The van der Waals surface area contributed by atoms with Crippen molar-refractivity contribution in [2.45, 2.75) is 25.4 Å². The lowest BCUT2D eigenvalue weighted by atomic mass is 9.94. The van der Waals surface area contributed by atoms with Crippen LogP contribution in [0.15, 0.2) is 54.4 Å². The Hall–Kier alpha value is -3.76. The van der Waals surface area contributed by atoms with Crippen LogP contribution in [0.3, 0.4) is 0 Å². The van der Waals surface area contributed by atoms with Gasteiger partial charge in [-0.1, -0.05) is 12.1 Å². The summed E-state index contributed by atoms with van der Waals surface area (Å²) >= 11 is 0. The second-order valence-corrected chi connectivity index (χ2v) is 8.69. The molecule has 3 aliphatic rings. The maximum Gasteiger partial charge on any atom is 0.252 e. The van der Waals surface area contributed by atoms with Crippen LogP contribution in [0.5, 0.6) is 0 Å². The van der Waals surface area contributed by atoms with E-state index < -0.39 is 0 Å². The van der Waals surface area contributed by atoms with E-state index in [2.05, 4.69) is 45.5 Å². The van der Waals surface area contributed by atoms with Crippen LogP contribution < -0.4 is 21.3 Å². The number of rotatable bonds is 4. The van der Waals surface area contributed by atoms with Gasteiger partial charge in [-0.05, 0) is 66.1 Å². The van der Waals surface area contributed by atoms with Gasteiger partial charge in [0.2, 0.25) is 0 Å². The Morgan fingerprint density at radius 3 is 2.76 bits per heavy atom. The molecule has 7 nitrogen and oxygen atoms in total. The van der Waals surface area contributed by atoms with Crippen LogP contribution in [0, 0.1) is 11.3 Å². The first-order chi connectivity index (χ1) is 16.2. The first-order valence-electron chi connectivity index (χ1n) is 11.5. The summed E-state index contributed by atoms with van der Waals surface area (Å²) in [5.41, 5.74) is 7.15. The van der Waals surface area contributed by atoms with Gasteiger partial charge in [0.25, 0.3) is 5.91 Å². The highest BCUT2D eigenvalue weighted by Gasteiger charge is 2.26. The maximum atomic E-state index is 12.8. The third-order valence-corrected chi connectivity index (χ3v) is 6.50. The first kappa shape index (κ1) is 21.1. The van der Waals surface area contributed by atoms with Crippen LogP contribution >= 0.6 is 0 Å². The fourth-order valence-electron chi connectivity index (χ4n) is 4.70. The van der Waals surface area contributed by atoms with E-state index in [1.54, 1.807) is 0 Å². The number of nitriles is 1. The van der Waals surface area contributed by atoms with E-state index in [9.17, 15) is 10.1 Å². The van der Waals surface area contributed by atoms with E-state index in [1.807, 2.05) is 41.6 Å². The number of benzene rings is 2. The molecule has 0 saturated carbocycles. The van der Waals surface area contributed by atoms with Crippen molar-refractivity contribution in [1.82, 2.24) is 20.9 Å². The first-order valence-corrected chi connectivity index (χ1v) is 11.5. The molecule has 0 bridgehead atoms. The molecule has 0 aromatic heterocycles. The molecule has 168 valence electrons. The van der Waals surface area contributed by atoms with E-state index in [0.29, 0.717) is 24.8 Å². The maximum absolute atomic E-state index is 12.8. The normalized spacial score (nSPS) is 17.8. The van der Waals surface area contributed by atoms with Crippen LogP contribution in [0.4, 0.5) is 5.69 Å². The molecule has 2 aromatic rings. The van der Waals surface area contributed by atoms with Gasteiger partial charge in [-0.25, -0.2) is 0 Å². The van der Waals surface area contributed by atoms with Crippen molar-refractivity contribution in [2.24, 2.45) is 0 Å². The van der Waals surface area contributed by atoms with Crippen LogP contribution in [-0.4, -0.2) is 43.2 Å². The number of hydrogen-bond acceptors (Lipinski definition) is 6. The molecule has 4 N–H and O–H groups in total. The molecule has 0 radical (unpaired) electrons. The third kappa shape index (κ3) is 4.57. The number of piperidine rings is 1. The number of carbonyl (C=O) groups is 1. The summed E-state index contributed by atoms with van der Waals surface area (Å²) in [6.45, 7) is 3.60. The lowest BCUT2D eigenvalue weighted by Crippen LogP contribution is -2.46. The average molecular weight is 441 g/mol. The quantitative estimate of drug-likeness (QED) is 0.584. The summed E-state index contributed by atoms with van der Waals surface area (Å²) in [4.78, 5) is 14.7. The van der Waals surface area contributed by atoms with E-state index in [4.69, 9.17) is 0 Å². The van der Waals surface area contributed by atoms with Gasteiger partial charge < -0.3 is 20.9 Å². The van der Waals surface area contributed by atoms with Gasteiger partial charge in [-0.15, -0.1) is 0 Å². The number of anilines is 1. The van der Waals surface area contributed by atoms with Crippen molar-refractivity contribution in [3.63, 3.8) is 0 Å². The van der Waals surface area contributed by atoms with Gasteiger partial charge >= 0.3 is 0 Å². The monoisotopic (exact) mass is 440 g/mol. The van der Waals surface area contributed by atoms with Crippen molar-refractivity contribution in [3.05, 3.63) is 71.1 Å². The Labute approximate surface area is 194 Å². The van der Waals surface area contributed by atoms with Crippen molar-refractivity contribution in [1.29, 1.82) is 5.26 Å². The number of nitrogens with one attached hydrogen (secondary N) is 4. The number of carbonyl (C=O) groups excluding carboxylic acids is 1. The molecule has 33 heavy (non-hydrogen) atoms. The summed E-state index contributed by atoms with van der Waals surface area (Å²) in [6, 6.07) is 14.7. The van der Waals surface area contributed by atoms with Crippen molar-refractivity contribution < 1.29 is 4.79 Å². The molecule has 1 amide bonds. The molecule has 0 aliphatic carbocycles. The van der Waals surface area contributed by atoms with Gasteiger partial charge in [0.15, 0.2) is 0 Å². The molecule has 0 spiro atoms. The summed E-state index contributed by atoms with van der Waals surface area (Å²) in [7, 11) is 0. The van der Waals surface area contributed by atoms with Gasteiger partial charge in [0, 0.05) is 55.2 Å². The second-order valence-electron chi connectivity index (χ2n) is 8.69. The number of nitrogens with zero attached hydrogens (tertiary/aromatic N) is 2. The number of likely N-dealkylation sites (tertiary alicyclic amines) is 1. The van der Waals surface area contributed by atoms with Crippen LogP contribution in [0.1, 0.15) is 29.5 Å². The van der Waals surface area contributed by atoms with Crippen molar-refractivity contribution in [3.8, 4) is 17.2 Å². The van der Waals surface area contributed by atoms with Gasteiger partial charge in [0.05, 0.1) is 18.3 Å². The third-order valence-electron chi connectivity index (χ3n) is 6.50. The van der Waals surface area contributed by atoms with E-state index in [-0.39, 0.29) is 5.91 Å². The summed E-state index contributed by atoms with van der Waals surface area (Å²) < 4.78 is 0. The van der Waals surface area contributed by atoms with Crippen molar-refractivity contribution >= 4 is 17.7 Å². The Balaban J connectivity index is 1.33. The Bertz CT molecular complexity index is 1150. The van der Waals surface area contributed by atoms with Crippen LogP contribution in [0.2, 0.25) is 0 Å². The zero-order valence-electron chi connectivity index (χ0n) is 18.5. The summed E-state index contributed by atoms with van der Waals surface area (Å²) in [5, 5.41) is 22.7. The van der Waals surface area contributed by atoms with Crippen LogP contribution in [-0.2, 0) is 11.3 Å². The fourth-order valence-corrected chi connectivity index (χ4v) is 4.70. The molecular formula is C26H28N6O. The molecule has 7 heteroatoms. The fraction of sp³-hybridized carbons (Fsp3) is 0.308. The highest BCUT2D eigenvalue weighted by molar-refractivity contribution is 5.94. The number of hydrogen-bond donors (Lipinski definition) is 4. The SMILES string of the molecule is N#Cc1cccc(-c2cc3c(c(NC4CCN(C(=O)C5=CNCNC5)CC4)c2)CNC=C3)c1. The second kappa shape index (κ2) is 9.39. The molecule has 3 heterocycles. The predicted octanol–water partition coefficient (Wildman–Crippen LogP) is 2.74. The zero-order chi connectivity index (χ0) is 22.6. The number of amides is 1. The minimum atomic E-state index is 0.124. The molecule has 1 saturated heterocycles. The molecule has 1 fully saturated rings. The van der Waals surface area contributed by atoms with E-state index in [1.165, 1.54) is 11.1 Å². The van der Waals surface area contributed by atoms with Gasteiger partial charge in [0.1, 0.15) is 0 Å². The molecule has 3 aliphatic heterocycles. The van der Waals surface area contributed by atoms with Crippen molar-refractivity contribution in [2.75, 3.05) is 31.6 Å². The number of fused-ring (bicyclic) bond motifs is 1. The highest BCUT2D eigenvalue weighted by atomic mass is 16.2. The molecule has 0 unspecified atom stereocenters. The standard InChI is InChI=1S/C26H28N6O/c27-13-18-2-1-3-19(10-18)21-11-20-4-7-28-16-24(20)25(12-21)31-23-5-8-32(9-6-23)26(33)22-14-29-17-30-15-22/h1-4,7,10-12,14,23,28-31H,5-6,8-9,15-17H2. The molecule has 5 rings (SSSR count). The van der Waals surface area contributed by atoms with Gasteiger partial charge in [-0.3, -0.25) is 10.1 Å². The molecule has 2 aromatic carbocycles. The summed E-state index contributed by atoms with van der Waals surface area (Å²) in [6.07, 6.45) is 7.74. The van der Waals surface area contributed by atoms with E-state index >= 15 is 0 Å². The minimum Gasteiger partial charge on any atom is -0.387 e. The minimum absolute atomic E-state index is 0.124. The topological polar surface area (TPSA) is 92.2 Å². The lowest BCUT2D eigenvalue weighted by molar-refractivity contribution is -0.128. The lowest BCUT2D eigenvalue weighted by Gasteiger charge is -2.34. The average Bonchev–Trinajstić information content (AvgIpc) is 2.89. The smallest absolute Gasteiger partial charge is 0.252 e. The van der Waals surface area contributed by atoms with E-state index in [0.717, 1.165) is 54.9 Å². The summed E-state index contributed by atoms with van der Waals surface area (Å²) in [5.74, 6) is 0.124. The predicted molar refractivity (Wildman–Crippen MR) is 130 cm³/mol.